The number of aromatic hydroxyl groups is 1. The number of phenols is 1. The smallest absolute Gasteiger partial charge is 0.295 e. The van der Waals surface area contributed by atoms with Crippen LogP contribution < -0.4 is 9.47 Å². The number of phenolic OH excluding ortho intramolecular Hbond substituents is 1. The molecular formula is C28H27NO6. The number of aliphatic hydroxyl groups is 1. The van der Waals surface area contributed by atoms with Gasteiger partial charge in [0.2, 0.25) is 0 Å². The van der Waals surface area contributed by atoms with Gasteiger partial charge in [0.15, 0.2) is 11.5 Å². The van der Waals surface area contributed by atoms with Crippen molar-refractivity contribution < 1.29 is 29.3 Å². The van der Waals surface area contributed by atoms with E-state index in [4.69, 9.17) is 9.47 Å². The molecule has 1 fully saturated rings. The van der Waals surface area contributed by atoms with E-state index in [1.807, 2.05) is 32.0 Å². The monoisotopic (exact) mass is 473 g/mol. The highest BCUT2D eigenvalue weighted by molar-refractivity contribution is 6.46. The lowest BCUT2D eigenvalue weighted by Gasteiger charge is -2.26. The molecule has 0 saturated carbocycles. The quantitative estimate of drug-likeness (QED) is 0.307. The van der Waals surface area contributed by atoms with E-state index in [0.29, 0.717) is 22.6 Å². The van der Waals surface area contributed by atoms with Crippen molar-refractivity contribution in [3.05, 3.63) is 94.1 Å². The summed E-state index contributed by atoms with van der Waals surface area (Å²) in [5, 5.41) is 21.1. The molecule has 1 unspecified atom stereocenters. The highest BCUT2D eigenvalue weighted by Gasteiger charge is 2.46. The molecule has 3 aromatic carbocycles. The van der Waals surface area contributed by atoms with Gasteiger partial charge in [-0.25, -0.2) is 0 Å². The first-order valence-corrected chi connectivity index (χ1v) is 11.1. The number of nitrogens with zero attached hydrogens (tertiary/aromatic N) is 1. The molecular weight excluding hydrogens is 446 g/mol. The van der Waals surface area contributed by atoms with Gasteiger partial charge in [-0.2, -0.15) is 0 Å². The van der Waals surface area contributed by atoms with Gasteiger partial charge in [0.1, 0.15) is 11.5 Å². The lowest BCUT2D eigenvalue weighted by Crippen LogP contribution is -2.29. The van der Waals surface area contributed by atoms with Gasteiger partial charge in [-0.15, -0.1) is 0 Å². The molecule has 1 saturated heterocycles. The molecule has 0 aromatic heterocycles. The summed E-state index contributed by atoms with van der Waals surface area (Å²) in [6.45, 7) is 4.10. The van der Waals surface area contributed by atoms with Gasteiger partial charge in [0, 0.05) is 12.1 Å². The molecule has 180 valence electrons. The first-order chi connectivity index (χ1) is 16.7. The summed E-state index contributed by atoms with van der Waals surface area (Å²) >= 11 is 0. The Morgan fingerprint density at radius 2 is 1.60 bits per heavy atom. The second-order valence-electron chi connectivity index (χ2n) is 8.52. The van der Waals surface area contributed by atoms with Crippen LogP contribution in [0.2, 0.25) is 0 Å². The fourth-order valence-corrected chi connectivity index (χ4v) is 4.34. The molecule has 0 radical (unpaired) electrons. The molecule has 1 aliphatic rings. The summed E-state index contributed by atoms with van der Waals surface area (Å²) in [7, 11) is 2.97. The number of hydrogen-bond acceptors (Lipinski definition) is 6. The van der Waals surface area contributed by atoms with E-state index >= 15 is 0 Å². The summed E-state index contributed by atoms with van der Waals surface area (Å²) in [5.74, 6) is -0.894. The average molecular weight is 474 g/mol. The van der Waals surface area contributed by atoms with Crippen molar-refractivity contribution in [2.75, 3.05) is 14.2 Å². The average Bonchev–Trinajstić information content (AvgIpc) is 3.10. The van der Waals surface area contributed by atoms with Crippen LogP contribution in [0, 0.1) is 13.8 Å². The van der Waals surface area contributed by atoms with Crippen molar-refractivity contribution in [3.63, 3.8) is 0 Å². The Hall–Kier alpha value is -4.26. The van der Waals surface area contributed by atoms with Crippen LogP contribution in [-0.2, 0) is 16.1 Å². The van der Waals surface area contributed by atoms with Crippen LogP contribution >= 0.6 is 0 Å². The van der Waals surface area contributed by atoms with Crippen molar-refractivity contribution in [2.24, 2.45) is 0 Å². The van der Waals surface area contributed by atoms with Gasteiger partial charge in [0.05, 0.1) is 25.8 Å². The van der Waals surface area contributed by atoms with Crippen LogP contribution in [-0.4, -0.2) is 41.0 Å². The number of amides is 1. The lowest BCUT2D eigenvalue weighted by atomic mass is 9.94. The predicted molar refractivity (Wildman–Crippen MR) is 131 cm³/mol. The van der Waals surface area contributed by atoms with E-state index in [2.05, 4.69) is 0 Å². The summed E-state index contributed by atoms with van der Waals surface area (Å²) < 4.78 is 10.6. The fourth-order valence-electron chi connectivity index (χ4n) is 4.34. The summed E-state index contributed by atoms with van der Waals surface area (Å²) in [6, 6.07) is 16.1. The first kappa shape index (κ1) is 23.9. The van der Waals surface area contributed by atoms with Gasteiger partial charge in [-0.3, -0.25) is 9.59 Å². The lowest BCUT2D eigenvalue weighted by molar-refractivity contribution is -0.140. The summed E-state index contributed by atoms with van der Waals surface area (Å²) in [4.78, 5) is 28.0. The number of hydrogen-bond donors (Lipinski definition) is 2. The van der Waals surface area contributed by atoms with Gasteiger partial charge < -0.3 is 24.6 Å². The molecule has 2 N–H and O–H groups in total. The summed E-state index contributed by atoms with van der Waals surface area (Å²) in [5.41, 5.74) is 3.81. The zero-order valence-corrected chi connectivity index (χ0v) is 20.0. The molecule has 1 amide bonds. The standard InChI is InChI=1S/C28H27NO6/c1-16-5-6-17(2)20(13-16)15-29-25(18-7-10-21(30)11-8-18)24(27(32)28(29)33)26(31)19-9-12-22(34-3)23(14-19)35-4/h5-14,25,30-31H,15H2,1-4H3/b26-24-. The Balaban J connectivity index is 1.88. The van der Waals surface area contributed by atoms with Gasteiger partial charge in [0.25, 0.3) is 11.7 Å². The van der Waals surface area contributed by atoms with Crippen LogP contribution in [0.3, 0.4) is 0 Å². The number of carbonyl (C=O) groups is 2. The number of Topliss-reactive ketones (excluding diaryl/α,β-unsaturated/α-hetero) is 1. The van der Waals surface area contributed by atoms with E-state index in [1.165, 1.54) is 31.3 Å². The Kier molecular flexibility index (Phi) is 6.51. The van der Waals surface area contributed by atoms with Crippen LogP contribution in [0.5, 0.6) is 17.2 Å². The molecule has 0 aliphatic carbocycles. The van der Waals surface area contributed by atoms with Crippen molar-refractivity contribution in [3.8, 4) is 17.2 Å². The third-order valence-corrected chi connectivity index (χ3v) is 6.25. The Labute approximate surface area is 203 Å². The molecule has 1 atom stereocenters. The SMILES string of the molecule is COc1ccc(/C(O)=C2/C(=O)C(=O)N(Cc3cc(C)ccc3C)C2c2ccc(O)cc2)cc1OC. The topological polar surface area (TPSA) is 96.3 Å². The van der Waals surface area contributed by atoms with E-state index < -0.39 is 17.7 Å². The Bertz CT molecular complexity index is 1330. The molecule has 1 aliphatic heterocycles. The number of benzene rings is 3. The largest absolute Gasteiger partial charge is 0.508 e. The van der Waals surface area contributed by atoms with Crippen molar-refractivity contribution >= 4 is 17.4 Å². The second-order valence-corrected chi connectivity index (χ2v) is 8.52. The van der Waals surface area contributed by atoms with Crippen molar-refractivity contribution in [1.29, 1.82) is 0 Å². The Morgan fingerprint density at radius 3 is 2.26 bits per heavy atom. The van der Waals surface area contributed by atoms with Crippen LogP contribution in [0.1, 0.15) is 33.9 Å². The molecule has 1 heterocycles. The minimum atomic E-state index is -0.844. The second kappa shape index (κ2) is 9.54. The minimum Gasteiger partial charge on any atom is -0.508 e. The van der Waals surface area contributed by atoms with Crippen molar-refractivity contribution in [1.82, 2.24) is 4.90 Å². The number of rotatable bonds is 6. The first-order valence-electron chi connectivity index (χ1n) is 11.1. The van der Waals surface area contributed by atoms with E-state index in [0.717, 1.165) is 16.7 Å². The number of carbonyl (C=O) groups excluding carboxylic acids is 2. The van der Waals surface area contributed by atoms with Crippen LogP contribution in [0.4, 0.5) is 0 Å². The van der Waals surface area contributed by atoms with E-state index in [-0.39, 0.29) is 23.6 Å². The molecule has 0 spiro atoms. The number of ether oxygens (including phenoxy) is 2. The normalized spacial score (nSPS) is 17.0. The number of methoxy groups -OCH3 is 2. The maximum absolute atomic E-state index is 13.3. The molecule has 7 heteroatoms. The minimum absolute atomic E-state index is 0.0294. The fraction of sp³-hybridized carbons (Fsp3) is 0.214. The number of aryl methyl sites for hydroxylation is 2. The highest BCUT2D eigenvalue weighted by Crippen LogP contribution is 2.42. The number of ketones is 1. The van der Waals surface area contributed by atoms with Gasteiger partial charge in [-0.05, 0) is 60.9 Å². The molecule has 4 rings (SSSR count). The molecule has 0 bridgehead atoms. The Morgan fingerprint density at radius 1 is 0.914 bits per heavy atom. The zero-order chi connectivity index (χ0) is 25.3. The maximum Gasteiger partial charge on any atom is 0.295 e. The predicted octanol–water partition coefficient (Wildman–Crippen LogP) is 4.65. The molecule has 3 aromatic rings. The van der Waals surface area contributed by atoms with Gasteiger partial charge >= 0.3 is 0 Å². The highest BCUT2D eigenvalue weighted by atomic mass is 16.5. The van der Waals surface area contributed by atoms with Crippen molar-refractivity contribution in [2.45, 2.75) is 26.4 Å². The molecule has 35 heavy (non-hydrogen) atoms. The van der Waals surface area contributed by atoms with Gasteiger partial charge in [-0.1, -0.05) is 35.9 Å². The molecule has 7 nitrogen and oxygen atoms in total. The van der Waals surface area contributed by atoms with E-state index in [1.54, 1.807) is 30.3 Å². The maximum atomic E-state index is 13.3. The third-order valence-electron chi connectivity index (χ3n) is 6.25. The zero-order valence-electron chi connectivity index (χ0n) is 20.0. The van der Waals surface area contributed by atoms with Crippen LogP contribution in [0.25, 0.3) is 5.76 Å². The summed E-state index contributed by atoms with van der Waals surface area (Å²) in [6.07, 6.45) is 0. The van der Waals surface area contributed by atoms with Crippen LogP contribution in [0.15, 0.2) is 66.2 Å². The third kappa shape index (κ3) is 4.45. The number of aliphatic hydroxyl groups excluding tert-OH is 1. The number of likely N-dealkylation sites (tertiary alicyclic amines) is 1. The van der Waals surface area contributed by atoms with E-state index in [9.17, 15) is 19.8 Å².